The van der Waals surface area contributed by atoms with Crippen LogP contribution in [0.4, 0.5) is 5.69 Å². The third-order valence-electron chi connectivity index (χ3n) is 1.46. The van der Waals surface area contributed by atoms with Crippen LogP contribution < -0.4 is 5.73 Å². The number of ether oxygens (including phenoxy) is 1. The molecule has 0 fully saturated rings. The number of halogens is 2. The number of carbonyl (C=O) groups excluding carboxylic acids is 1. The van der Waals surface area contributed by atoms with Crippen LogP contribution in [0.3, 0.4) is 0 Å². The van der Waals surface area contributed by atoms with Crippen LogP contribution in [0.1, 0.15) is 10.4 Å². The van der Waals surface area contributed by atoms with Crippen molar-refractivity contribution < 1.29 is 9.53 Å². The van der Waals surface area contributed by atoms with Gasteiger partial charge in [0.1, 0.15) is 0 Å². The van der Waals surface area contributed by atoms with Gasteiger partial charge >= 0.3 is 5.97 Å². The zero-order valence-corrected chi connectivity index (χ0v) is 9.15. The van der Waals surface area contributed by atoms with Crippen molar-refractivity contribution in [3.05, 3.63) is 27.2 Å². The van der Waals surface area contributed by atoms with Crippen molar-refractivity contribution in [3.8, 4) is 0 Å². The van der Waals surface area contributed by atoms with Crippen molar-refractivity contribution in [2.75, 3.05) is 12.8 Å². The van der Waals surface area contributed by atoms with Crippen LogP contribution in [0, 0.1) is 0 Å². The lowest BCUT2D eigenvalue weighted by molar-refractivity contribution is 0.0600. The molecule has 5 heteroatoms. The predicted octanol–water partition coefficient (Wildman–Crippen LogP) is 2.47. The molecule has 0 aliphatic carbocycles. The van der Waals surface area contributed by atoms with E-state index < -0.39 is 5.97 Å². The zero-order valence-electron chi connectivity index (χ0n) is 6.80. The number of anilines is 1. The Morgan fingerprint density at radius 1 is 1.62 bits per heavy atom. The van der Waals surface area contributed by atoms with Gasteiger partial charge in [-0.3, -0.25) is 0 Å². The Morgan fingerprint density at radius 3 is 2.77 bits per heavy atom. The molecule has 0 spiro atoms. The summed E-state index contributed by atoms with van der Waals surface area (Å²) in [6.07, 6.45) is 0. The van der Waals surface area contributed by atoms with E-state index >= 15 is 0 Å². The molecule has 0 saturated carbocycles. The highest BCUT2D eigenvalue weighted by molar-refractivity contribution is 9.10. The van der Waals surface area contributed by atoms with Gasteiger partial charge in [0.15, 0.2) is 0 Å². The van der Waals surface area contributed by atoms with E-state index in [4.69, 9.17) is 17.3 Å². The van der Waals surface area contributed by atoms with Crippen LogP contribution in [-0.2, 0) is 4.74 Å². The number of benzene rings is 1. The summed E-state index contributed by atoms with van der Waals surface area (Å²) < 4.78 is 5.04. The second-order valence-electron chi connectivity index (χ2n) is 2.36. The SMILES string of the molecule is COC(=O)c1cc(N)cc(Cl)c1Br. The highest BCUT2D eigenvalue weighted by Crippen LogP contribution is 2.29. The molecule has 1 rings (SSSR count). The molecular formula is C8H7BrClNO2. The summed E-state index contributed by atoms with van der Waals surface area (Å²) in [6, 6.07) is 3.06. The van der Waals surface area contributed by atoms with Gasteiger partial charge in [-0.25, -0.2) is 4.79 Å². The minimum absolute atomic E-state index is 0.326. The van der Waals surface area contributed by atoms with Crippen molar-refractivity contribution in [2.24, 2.45) is 0 Å². The highest BCUT2D eigenvalue weighted by atomic mass is 79.9. The number of nitrogens with two attached hydrogens (primary N) is 1. The maximum Gasteiger partial charge on any atom is 0.339 e. The molecule has 0 saturated heterocycles. The van der Waals surface area contributed by atoms with Crippen molar-refractivity contribution in [2.45, 2.75) is 0 Å². The van der Waals surface area contributed by atoms with E-state index in [2.05, 4.69) is 20.7 Å². The van der Waals surface area contributed by atoms with Crippen molar-refractivity contribution >= 4 is 39.2 Å². The number of hydrogen-bond acceptors (Lipinski definition) is 3. The summed E-state index contributed by atoms with van der Waals surface area (Å²) in [7, 11) is 1.30. The van der Waals surface area contributed by atoms with Gasteiger partial charge in [-0.2, -0.15) is 0 Å². The topological polar surface area (TPSA) is 52.3 Å². The minimum Gasteiger partial charge on any atom is -0.465 e. The molecule has 13 heavy (non-hydrogen) atoms. The predicted molar refractivity (Wildman–Crippen MR) is 54.9 cm³/mol. The van der Waals surface area contributed by atoms with Gasteiger partial charge < -0.3 is 10.5 Å². The van der Waals surface area contributed by atoms with Gasteiger partial charge in [0.05, 0.1) is 22.2 Å². The first-order valence-corrected chi connectivity index (χ1v) is 4.56. The molecule has 0 unspecified atom stereocenters. The largest absolute Gasteiger partial charge is 0.465 e. The van der Waals surface area contributed by atoms with E-state index in [9.17, 15) is 4.79 Å². The summed E-state index contributed by atoms with van der Waals surface area (Å²) in [5.41, 5.74) is 6.26. The summed E-state index contributed by atoms with van der Waals surface area (Å²) in [6.45, 7) is 0. The third-order valence-corrected chi connectivity index (χ3v) is 2.84. The van der Waals surface area contributed by atoms with Gasteiger partial charge in [-0.05, 0) is 28.1 Å². The normalized spacial score (nSPS) is 9.77. The molecule has 1 aromatic carbocycles. The highest BCUT2D eigenvalue weighted by Gasteiger charge is 2.13. The summed E-state index contributed by atoms with van der Waals surface area (Å²) in [5.74, 6) is -0.471. The molecule has 0 amide bonds. The molecule has 0 aromatic heterocycles. The summed E-state index contributed by atoms with van der Waals surface area (Å²) in [5, 5.41) is 0.389. The van der Waals surface area contributed by atoms with E-state index in [0.717, 1.165) is 0 Å². The quantitative estimate of drug-likeness (QED) is 0.626. The first-order chi connectivity index (χ1) is 6.06. The smallest absolute Gasteiger partial charge is 0.339 e. The second kappa shape index (κ2) is 3.98. The van der Waals surface area contributed by atoms with E-state index in [-0.39, 0.29) is 0 Å². The molecule has 0 atom stereocenters. The molecule has 0 aliphatic heterocycles. The summed E-state index contributed by atoms with van der Waals surface area (Å²) in [4.78, 5) is 11.2. The molecular weight excluding hydrogens is 257 g/mol. The molecule has 70 valence electrons. The summed E-state index contributed by atoms with van der Waals surface area (Å²) >= 11 is 8.95. The fraction of sp³-hybridized carbons (Fsp3) is 0.125. The van der Waals surface area contributed by atoms with Gasteiger partial charge in [-0.15, -0.1) is 0 Å². The lowest BCUT2D eigenvalue weighted by Crippen LogP contribution is -2.03. The number of hydrogen-bond donors (Lipinski definition) is 1. The third kappa shape index (κ3) is 2.14. The molecule has 0 aliphatic rings. The Balaban J connectivity index is 3.28. The molecule has 2 N–H and O–H groups in total. The van der Waals surface area contributed by atoms with Crippen LogP contribution in [0.25, 0.3) is 0 Å². The standard InChI is InChI=1S/C8H7BrClNO2/c1-13-8(12)5-2-4(11)3-6(10)7(5)9/h2-3H,11H2,1H3. The monoisotopic (exact) mass is 263 g/mol. The maximum atomic E-state index is 11.2. The number of nitrogen functional groups attached to an aromatic ring is 1. The number of rotatable bonds is 1. The molecule has 0 bridgehead atoms. The Kier molecular flexibility index (Phi) is 3.17. The van der Waals surface area contributed by atoms with Crippen LogP contribution in [-0.4, -0.2) is 13.1 Å². The van der Waals surface area contributed by atoms with Gasteiger partial charge in [0, 0.05) is 5.69 Å². The Bertz CT molecular complexity index is 354. The van der Waals surface area contributed by atoms with E-state index in [1.54, 1.807) is 6.07 Å². The van der Waals surface area contributed by atoms with Crippen molar-refractivity contribution in [1.29, 1.82) is 0 Å². The first-order valence-electron chi connectivity index (χ1n) is 3.39. The van der Waals surface area contributed by atoms with Crippen LogP contribution in [0.15, 0.2) is 16.6 Å². The number of methoxy groups -OCH3 is 1. The lowest BCUT2D eigenvalue weighted by atomic mass is 10.2. The maximum absolute atomic E-state index is 11.2. The fourth-order valence-electron chi connectivity index (χ4n) is 0.869. The second-order valence-corrected chi connectivity index (χ2v) is 3.56. The first kappa shape index (κ1) is 10.3. The zero-order chi connectivity index (χ0) is 10.0. The average Bonchev–Trinajstić information content (AvgIpc) is 2.10. The van der Waals surface area contributed by atoms with E-state index in [1.165, 1.54) is 13.2 Å². The average molecular weight is 265 g/mol. The molecule has 3 nitrogen and oxygen atoms in total. The van der Waals surface area contributed by atoms with Crippen LogP contribution >= 0.6 is 27.5 Å². The lowest BCUT2D eigenvalue weighted by Gasteiger charge is -2.05. The van der Waals surface area contributed by atoms with Gasteiger partial charge in [-0.1, -0.05) is 11.6 Å². The molecule has 0 heterocycles. The Morgan fingerprint density at radius 2 is 2.23 bits per heavy atom. The van der Waals surface area contributed by atoms with Crippen LogP contribution in [0.5, 0.6) is 0 Å². The molecule has 1 aromatic rings. The Labute approximate surface area is 88.9 Å². The number of carbonyl (C=O) groups is 1. The van der Waals surface area contributed by atoms with E-state index in [0.29, 0.717) is 20.7 Å². The Hall–Kier alpha value is -0.740. The van der Waals surface area contributed by atoms with Crippen molar-refractivity contribution in [1.82, 2.24) is 0 Å². The van der Waals surface area contributed by atoms with Gasteiger partial charge in [0.2, 0.25) is 0 Å². The van der Waals surface area contributed by atoms with Gasteiger partial charge in [0.25, 0.3) is 0 Å². The van der Waals surface area contributed by atoms with Crippen molar-refractivity contribution in [3.63, 3.8) is 0 Å². The van der Waals surface area contributed by atoms with Crippen LogP contribution in [0.2, 0.25) is 5.02 Å². The molecule has 0 radical (unpaired) electrons. The fourth-order valence-corrected chi connectivity index (χ4v) is 1.49. The number of esters is 1. The minimum atomic E-state index is -0.471. The van der Waals surface area contributed by atoms with E-state index in [1.807, 2.05) is 0 Å².